The average molecular weight is 436 g/mol. The third-order valence-corrected chi connectivity index (χ3v) is 0. The fraction of sp³-hybridized carbons (Fsp3) is 0. The Bertz CT molecular complexity index is 207. The minimum atomic E-state index is -5.14. The first kappa shape index (κ1) is 42.7. The molecule has 19 heavy (non-hydrogen) atoms. The Morgan fingerprint density at radius 1 is 0.526 bits per heavy atom. The molecule has 0 aromatic carbocycles. The number of phosphoric acid groups is 3. The molecule has 0 aliphatic heterocycles. The van der Waals surface area contributed by atoms with Crippen LogP contribution in [0.25, 0.3) is 0 Å². The molecule has 0 unspecified atom stereocenters. The van der Waals surface area contributed by atoms with Crippen molar-refractivity contribution in [2.45, 2.75) is 0 Å². The Morgan fingerprint density at radius 3 is 0.526 bits per heavy atom. The maximum absolute atomic E-state index is 8.66. The van der Waals surface area contributed by atoms with Gasteiger partial charge in [0.2, 0.25) is 0 Å². The number of rotatable bonds is 0. The second-order valence-corrected chi connectivity index (χ2v) is 4.22. The first-order chi connectivity index (χ1) is 6.00. The average Bonchev–Trinajstić information content (AvgIpc) is 1.41. The molecule has 0 aromatic heterocycles. The van der Waals surface area contributed by atoms with E-state index < -0.39 is 23.5 Å². The van der Waals surface area contributed by atoms with Crippen LogP contribution in [0.3, 0.4) is 0 Å². The largest absolute Gasteiger partial charge is 3.00 e. The molecular weight excluding hydrogens is 429 g/mol. The molecule has 0 saturated carbocycles. The van der Waals surface area contributed by atoms with Gasteiger partial charge in [-0.3, -0.25) is 0 Å². The second-order valence-electron chi connectivity index (χ2n) is 1.41. The first-order valence-corrected chi connectivity index (χ1v) is 6.73. The zero-order chi connectivity index (χ0) is 13.5. The predicted molar refractivity (Wildman–Crippen MR) is 36.7 cm³/mol. The van der Waals surface area contributed by atoms with Crippen molar-refractivity contribution in [1.29, 1.82) is 0 Å². The van der Waals surface area contributed by atoms with Crippen molar-refractivity contribution >= 4 is 23.5 Å². The van der Waals surface area contributed by atoms with E-state index in [9.17, 15) is 0 Å². The Morgan fingerprint density at radius 2 is 0.526 bits per heavy atom. The summed E-state index contributed by atoms with van der Waals surface area (Å²) in [5.74, 6) is 0. The SMILES string of the molecule is O.O.O=P([O-])([O-])O.O=P([O-])([O-])O.O=P([O-])([O-])O.[Fe+3].[Fe+3]. The molecule has 0 aromatic rings. The maximum atomic E-state index is 8.66. The van der Waals surface area contributed by atoms with Gasteiger partial charge in [-0.25, -0.2) is 0 Å². The Kier molecular flexibility index (Phi) is 39.0. The van der Waals surface area contributed by atoms with E-state index in [1.807, 2.05) is 0 Å². The minimum Gasteiger partial charge on any atom is -0.790 e. The molecule has 0 spiro atoms. The molecule has 7 N–H and O–H groups in total. The molecule has 0 rings (SSSR count). The van der Waals surface area contributed by atoms with Gasteiger partial charge in [0.15, 0.2) is 0 Å². The van der Waals surface area contributed by atoms with Gasteiger partial charge in [-0.15, -0.1) is 0 Å². The van der Waals surface area contributed by atoms with Crippen LogP contribution in [-0.2, 0) is 47.8 Å². The summed E-state index contributed by atoms with van der Waals surface area (Å²) in [5.41, 5.74) is 0. The monoisotopic (exact) mass is 436 g/mol. The third kappa shape index (κ3) is 3470. The summed E-state index contributed by atoms with van der Waals surface area (Å²) >= 11 is 0. The van der Waals surface area contributed by atoms with E-state index in [1.54, 1.807) is 0 Å². The van der Waals surface area contributed by atoms with Gasteiger partial charge < -0.3 is 68.7 Å². The Balaban J connectivity index is -0.0000000206. The van der Waals surface area contributed by atoms with Crippen LogP contribution >= 0.6 is 23.5 Å². The fourth-order valence-corrected chi connectivity index (χ4v) is 0. The van der Waals surface area contributed by atoms with Gasteiger partial charge in [0.25, 0.3) is 0 Å². The maximum Gasteiger partial charge on any atom is 3.00 e. The van der Waals surface area contributed by atoms with Gasteiger partial charge in [0, 0.05) is 0 Å². The summed E-state index contributed by atoms with van der Waals surface area (Å²) < 4.78 is 26.0. The van der Waals surface area contributed by atoms with Crippen molar-refractivity contribution in [3.63, 3.8) is 0 Å². The fourth-order valence-electron chi connectivity index (χ4n) is 0. The van der Waals surface area contributed by atoms with Crippen molar-refractivity contribution in [3.05, 3.63) is 0 Å². The van der Waals surface area contributed by atoms with E-state index in [4.69, 9.17) is 57.7 Å². The zero-order valence-electron chi connectivity index (χ0n) is 8.06. The van der Waals surface area contributed by atoms with Crippen molar-refractivity contribution in [2.24, 2.45) is 0 Å². The normalized spacial score (nSPS) is 9.32. The van der Waals surface area contributed by atoms with Gasteiger partial charge in [0.05, 0.1) is 23.5 Å². The Labute approximate surface area is 126 Å². The van der Waals surface area contributed by atoms with Crippen molar-refractivity contribution < 1.29 is 103 Å². The standard InChI is InChI=1S/2Fe.3H3O4P.2H2O/c;;3*1-5(2,3)4;;/h;;3*(H3,1,2,3,4);2*1H2/q2*+3;;;;;/p-6. The summed E-state index contributed by atoms with van der Waals surface area (Å²) in [6.07, 6.45) is 0. The first-order valence-electron chi connectivity index (χ1n) is 2.24. The molecule has 0 aliphatic rings. The van der Waals surface area contributed by atoms with Crippen molar-refractivity contribution in [2.75, 3.05) is 0 Å². The summed E-state index contributed by atoms with van der Waals surface area (Å²) in [4.78, 5) is 72.9. The molecule has 122 valence electrons. The molecule has 0 amide bonds. The third-order valence-electron chi connectivity index (χ3n) is 0. The van der Waals surface area contributed by atoms with E-state index in [0.717, 1.165) is 0 Å². The summed E-state index contributed by atoms with van der Waals surface area (Å²) in [5, 5.41) is 0. The molecule has 0 saturated heterocycles. The smallest absolute Gasteiger partial charge is 0.790 e. The summed E-state index contributed by atoms with van der Waals surface area (Å²) in [7, 11) is -15.4. The molecule has 14 nitrogen and oxygen atoms in total. The minimum absolute atomic E-state index is 0. The van der Waals surface area contributed by atoms with Crippen molar-refractivity contribution in [1.82, 2.24) is 0 Å². The number of hydrogen-bond donors (Lipinski definition) is 3. The van der Waals surface area contributed by atoms with Gasteiger partial charge in [-0.1, -0.05) is 0 Å². The van der Waals surface area contributed by atoms with Gasteiger partial charge >= 0.3 is 34.1 Å². The van der Waals surface area contributed by atoms with Gasteiger partial charge in [0.1, 0.15) is 0 Å². The van der Waals surface area contributed by atoms with E-state index in [1.165, 1.54) is 0 Å². The molecule has 0 aliphatic carbocycles. The van der Waals surface area contributed by atoms with Crippen molar-refractivity contribution in [3.8, 4) is 0 Å². The summed E-state index contributed by atoms with van der Waals surface area (Å²) in [6.45, 7) is 0. The second kappa shape index (κ2) is 17.3. The van der Waals surface area contributed by atoms with E-state index in [2.05, 4.69) is 0 Å². The van der Waals surface area contributed by atoms with Crippen LogP contribution in [0.1, 0.15) is 0 Å². The van der Waals surface area contributed by atoms with E-state index >= 15 is 0 Å². The summed E-state index contributed by atoms with van der Waals surface area (Å²) in [6, 6.07) is 0. The van der Waals surface area contributed by atoms with Gasteiger partial charge in [-0.2, -0.15) is 0 Å². The Hall–Kier alpha value is 1.29. The molecule has 0 fully saturated rings. The molecule has 2 radical (unpaired) electrons. The van der Waals surface area contributed by atoms with Crippen LogP contribution in [-0.4, -0.2) is 25.6 Å². The molecule has 0 atom stereocenters. The van der Waals surface area contributed by atoms with Crippen LogP contribution in [0, 0.1) is 0 Å². The van der Waals surface area contributed by atoms with E-state index in [0.29, 0.717) is 0 Å². The van der Waals surface area contributed by atoms with Crippen LogP contribution < -0.4 is 29.4 Å². The van der Waals surface area contributed by atoms with Crippen LogP contribution in [0.2, 0.25) is 0 Å². The van der Waals surface area contributed by atoms with Crippen LogP contribution in [0.15, 0.2) is 0 Å². The molecular formula is H7Fe2O14P3. The van der Waals surface area contributed by atoms with Crippen LogP contribution in [0.4, 0.5) is 0 Å². The quantitative estimate of drug-likeness (QED) is 0.236. The van der Waals surface area contributed by atoms with Gasteiger partial charge in [-0.05, 0) is 0 Å². The predicted octanol–water partition coefficient (Wildman–Crippen LogP) is -8.23. The molecule has 0 heterocycles. The topological polar surface area (TPSA) is 313 Å². The molecule has 19 heteroatoms. The molecule has 0 bridgehead atoms. The zero-order valence-corrected chi connectivity index (χ0v) is 13.0. The van der Waals surface area contributed by atoms with Crippen LogP contribution in [0.5, 0.6) is 0 Å². The van der Waals surface area contributed by atoms with E-state index in [-0.39, 0.29) is 45.1 Å². The number of hydrogen-bond acceptors (Lipinski definition) is 9.